The van der Waals surface area contributed by atoms with Crippen molar-refractivity contribution in [1.82, 2.24) is 20.0 Å². The first-order chi connectivity index (χ1) is 21.1. The Morgan fingerprint density at radius 2 is 1.68 bits per heavy atom. The average molecular weight is 599 g/mol. The minimum atomic E-state index is -0.450. The molecule has 1 saturated heterocycles. The number of hydrogen-bond acceptors (Lipinski definition) is 11. The third-order valence-corrected chi connectivity index (χ3v) is 7.33. The topological polar surface area (TPSA) is 182 Å². The Morgan fingerprint density at radius 1 is 1.00 bits per heavy atom. The van der Waals surface area contributed by atoms with Gasteiger partial charge in [0.25, 0.3) is 0 Å². The zero-order valence-electron chi connectivity index (χ0n) is 25.1. The molecule has 0 unspecified atom stereocenters. The maximum absolute atomic E-state index is 12.5. The summed E-state index contributed by atoms with van der Waals surface area (Å²) in [5.74, 6) is 1.58. The summed E-state index contributed by atoms with van der Waals surface area (Å²) in [6, 6.07) is 16.1. The molecule has 0 radical (unpaired) electrons. The number of carbonyl (C=O) groups is 1. The molecule has 3 heterocycles. The summed E-state index contributed by atoms with van der Waals surface area (Å²) >= 11 is 0. The van der Waals surface area contributed by atoms with Crippen LogP contribution in [0.3, 0.4) is 0 Å². The first kappa shape index (κ1) is 30.4. The van der Waals surface area contributed by atoms with Gasteiger partial charge in [-0.2, -0.15) is 0 Å². The molecule has 2 amide bonds. The second kappa shape index (κ2) is 13.1. The molecule has 7 N–H and O–H groups in total. The number of benzene rings is 2. The Kier molecular flexibility index (Phi) is 9.07. The van der Waals surface area contributed by atoms with Gasteiger partial charge in [-0.3, -0.25) is 15.6 Å². The number of hydrogen-bond donors (Lipinski definition) is 6. The van der Waals surface area contributed by atoms with Gasteiger partial charge < -0.3 is 30.9 Å². The van der Waals surface area contributed by atoms with E-state index in [1.54, 1.807) is 30.3 Å². The van der Waals surface area contributed by atoms with Gasteiger partial charge in [-0.05, 0) is 36.4 Å². The molecule has 0 spiro atoms. The summed E-state index contributed by atoms with van der Waals surface area (Å²) in [6.45, 7) is 10.4. The van der Waals surface area contributed by atoms with Crippen molar-refractivity contribution in [3.05, 3.63) is 77.8 Å². The zero-order chi connectivity index (χ0) is 31.3. The van der Waals surface area contributed by atoms with E-state index in [4.69, 9.17) is 15.7 Å². The van der Waals surface area contributed by atoms with E-state index < -0.39 is 6.03 Å². The Morgan fingerprint density at radius 3 is 2.32 bits per heavy atom. The molecule has 0 saturated carbocycles. The zero-order valence-corrected chi connectivity index (χ0v) is 25.1. The number of β-amino-alcohol motifs (C(OH)–C–C–N with tert-alkyl or cyclic N) is 1. The molecule has 2 aromatic carbocycles. The number of aliphatic hydroxyl groups is 1. The fourth-order valence-corrected chi connectivity index (χ4v) is 4.83. The van der Waals surface area contributed by atoms with Crippen LogP contribution in [0.5, 0.6) is 0 Å². The van der Waals surface area contributed by atoms with Crippen molar-refractivity contribution in [3.63, 3.8) is 0 Å². The number of nitrogens with one attached hydrogen (secondary N) is 4. The van der Waals surface area contributed by atoms with Crippen LogP contribution in [0.4, 0.5) is 39.3 Å². The number of carbonyl (C=O) groups excluding carboxylic acids is 1. The van der Waals surface area contributed by atoms with Crippen LogP contribution in [0.15, 0.2) is 65.4 Å². The minimum Gasteiger partial charge on any atom is -0.395 e. The molecule has 230 valence electrons. The molecular weight excluding hydrogens is 560 g/mol. The quantitative estimate of drug-likeness (QED) is 0.152. The highest BCUT2D eigenvalue weighted by molar-refractivity contribution is 6.16. The van der Waals surface area contributed by atoms with Crippen LogP contribution in [0.1, 0.15) is 37.7 Å². The highest BCUT2D eigenvalue weighted by Crippen LogP contribution is 2.27. The number of aliphatic hydroxyl groups excluding tert-OH is 1. The molecule has 1 aliphatic heterocycles. The van der Waals surface area contributed by atoms with E-state index >= 15 is 0 Å². The SMILES string of the molecule is CC(C)(C)c1cc(NC(=O)Nc2ccc(Nc3ncnc(N)c3C(=N)c3ccc(N4CCN(CCO)CC4)cc3)cc2)no1. The number of anilines is 6. The van der Waals surface area contributed by atoms with Crippen molar-refractivity contribution in [2.24, 2.45) is 0 Å². The molecule has 5 rings (SSSR count). The van der Waals surface area contributed by atoms with Gasteiger partial charge in [0.15, 0.2) is 5.82 Å². The van der Waals surface area contributed by atoms with Crippen molar-refractivity contribution in [3.8, 4) is 0 Å². The molecule has 0 aliphatic carbocycles. The molecule has 13 heteroatoms. The fraction of sp³-hybridized carbons (Fsp3) is 0.323. The predicted molar refractivity (Wildman–Crippen MR) is 172 cm³/mol. The van der Waals surface area contributed by atoms with E-state index in [0.717, 1.165) is 31.9 Å². The number of nitrogens with two attached hydrogens (primary N) is 1. The summed E-state index contributed by atoms with van der Waals surface area (Å²) in [6.07, 6.45) is 1.35. The molecular formula is C31H38N10O3. The van der Waals surface area contributed by atoms with Gasteiger partial charge in [-0.15, -0.1) is 0 Å². The maximum atomic E-state index is 12.5. The Bertz CT molecular complexity index is 1590. The van der Waals surface area contributed by atoms with Crippen LogP contribution in [0, 0.1) is 5.41 Å². The van der Waals surface area contributed by atoms with Gasteiger partial charge in [0.1, 0.15) is 23.7 Å². The van der Waals surface area contributed by atoms with Crippen LogP contribution in [0.25, 0.3) is 0 Å². The molecule has 4 aromatic rings. The van der Waals surface area contributed by atoms with Crippen LogP contribution < -0.4 is 26.6 Å². The Hall–Kier alpha value is -5.01. The average Bonchev–Trinajstić information content (AvgIpc) is 3.48. The Balaban J connectivity index is 1.22. The fourth-order valence-electron chi connectivity index (χ4n) is 4.83. The largest absolute Gasteiger partial charge is 0.395 e. The second-order valence-electron chi connectivity index (χ2n) is 11.6. The molecule has 2 aromatic heterocycles. The van der Waals surface area contributed by atoms with E-state index in [2.05, 4.69) is 40.9 Å². The highest BCUT2D eigenvalue weighted by atomic mass is 16.5. The van der Waals surface area contributed by atoms with Gasteiger partial charge in [-0.1, -0.05) is 38.1 Å². The summed E-state index contributed by atoms with van der Waals surface area (Å²) in [4.78, 5) is 25.5. The van der Waals surface area contributed by atoms with Crippen molar-refractivity contribution in [1.29, 1.82) is 5.41 Å². The first-order valence-corrected chi connectivity index (χ1v) is 14.4. The lowest BCUT2D eigenvalue weighted by Gasteiger charge is -2.35. The first-order valence-electron chi connectivity index (χ1n) is 14.4. The standard InChI is InChI=1S/C31H38N10O3/c1-31(2,3)24-18-25(39-44-24)38-30(43)37-22-8-6-21(7-9-22)36-29-26(28(33)34-19-35-29)27(32)20-4-10-23(11-5-20)41-14-12-40(13-15-41)16-17-42/h4-11,18-19,32,42H,12-17H2,1-3H3,(H3,33,34,35,36)(H2,37,38,39,43). The highest BCUT2D eigenvalue weighted by Gasteiger charge is 2.21. The van der Waals surface area contributed by atoms with Gasteiger partial charge in [0.05, 0.1) is 17.9 Å². The number of rotatable bonds is 9. The van der Waals surface area contributed by atoms with Crippen molar-refractivity contribution < 1.29 is 14.4 Å². The number of nitrogens with zero attached hydrogens (tertiary/aromatic N) is 5. The smallest absolute Gasteiger partial charge is 0.324 e. The molecule has 0 atom stereocenters. The van der Waals surface area contributed by atoms with Gasteiger partial charge >= 0.3 is 6.03 Å². The third-order valence-electron chi connectivity index (χ3n) is 7.33. The van der Waals surface area contributed by atoms with Crippen LogP contribution in [0.2, 0.25) is 0 Å². The molecule has 1 fully saturated rings. The van der Waals surface area contributed by atoms with Crippen molar-refractivity contribution in [2.45, 2.75) is 26.2 Å². The lowest BCUT2D eigenvalue weighted by atomic mass is 9.93. The van der Waals surface area contributed by atoms with Gasteiger partial charge in [0, 0.05) is 66.8 Å². The van der Waals surface area contributed by atoms with E-state index in [-0.39, 0.29) is 23.6 Å². The second-order valence-corrected chi connectivity index (χ2v) is 11.6. The van der Waals surface area contributed by atoms with E-state index in [1.165, 1.54) is 6.33 Å². The lowest BCUT2D eigenvalue weighted by molar-refractivity contribution is 0.189. The molecule has 13 nitrogen and oxygen atoms in total. The predicted octanol–water partition coefficient (Wildman–Crippen LogP) is 4.26. The number of piperazine rings is 1. The molecule has 1 aliphatic rings. The third kappa shape index (κ3) is 7.30. The summed E-state index contributed by atoms with van der Waals surface area (Å²) in [7, 11) is 0. The molecule has 0 bridgehead atoms. The number of aromatic nitrogens is 3. The monoisotopic (exact) mass is 598 g/mol. The number of urea groups is 1. The van der Waals surface area contributed by atoms with Crippen LogP contribution >= 0.6 is 0 Å². The van der Waals surface area contributed by atoms with E-state index in [1.807, 2.05) is 45.0 Å². The van der Waals surface area contributed by atoms with Gasteiger partial charge in [-0.25, -0.2) is 14.8 Å². The Labute approximate surface area is 256 Å². The summed E-state index contributed by atoms with van der Waals surface area (Å²) in [5.41, 5.74) is 9.62. The minimum absolute atomic E-state index is 0.172. The van der Waals surface area contributed by atoms with E-state index in [0.29, 0.717) is 46.4 Å². The van der Waals surface area contributed by atoms with Crippen LogP contribution in [-0.4, -0.2) is 76.2 Å². The maximum Gasteiger partial charge on any atom is 0.324 e. The summed E-state index contributed by atoms with van der Waals surface area (Å²) < 4.78 is 5.31. The van der Waals surface area contributed by atoms with Gasteiger partial charge in [0.2, 0.25) is 0 Å². The molecule has 44 heavy (non-hydrogen) atoms. The van der Waals surface area contributed by atoms with Crippen molar-refractivity contribution in [2.75, 3.05) is 65.9 Å². The normalized spacial score (nSPS) is 13.9. The van der Waals surface area contributed by atoms with Crippen molar-refractivity contribution >= 4 is 46.3 Å². The summed E-state index contributed by atoms with van der Waals surface area (Å²) in [5, 5.41) is 30.7. The van der Waals surface area contributed by atoms with Crippen LogP contribution in [-0.2, 0) is 5.41 Å². The van der Waals surface area contributed by atoms with E-state index in [9.17, 15) is 9.90 Å². The number of amides is 2. The number of nitrogen functional groups attached to an aromatic ring is 1. The lowest BCUT2D eigenvalue weighted by Crippen LogP contribution is -2.47.